The zero-order chi connectivity index (χ0) is 54.3. The predicted molar refractivity (Wildman–Crippen MR) is 270 cm³/mol. The molecule has 6 rings (SSSR count). The van der Waals surface area contributed by atoms with Crippen LogP contribution in [-0.4, -0.2) is 239 Å². The first-order chi connectivity index (χ1) is 37.0. The third kappa shape index (κ3) is 21.2. The Kier molecular flexibility index (Phi) is 27.8. The summed E-state index contributed by atoms with van der Waals surface area (Å²) in [5.74, 6) is -2.18. The summed E-state index contributed by atoms with van der Waals surface area (Å²) in [6, 6.07) is 1.58. The van der Waals surface area contributed by atoms with E-state index < -0.39 is 28.9 Å². The number of hydroxylamine groups is 2. The van der Waals surface area contributed by atoms with Crippen molar-refractivity contribution >= 4 is 53.0 Å². The van der Waals surface area contributed by atoms with E-state index in [0.29, 0.717) is 181 Å². The van der Waals surface area contributed by atoms with Gasteiger partial charge in [-0.25, -0.2) is 10.1 Å². The predicted octanol–water partition coefficient (Wildman–Crippen LogP) is -0.598. The second-order valence-electron chi connectivity index (χ2n) is 17.6. The lowest BCUT2D eigenvalue weighted by molar-refractivity contribution is -0.180. The molecule has 3 fully saturated rings. The Labute approximate surface area is 442 Å². The first-order valence-corrected chi connectivity index (χ1v) is 25.8. The van der Waals surface area contributed by atoms with Gasteiger partial charge in [0.1, 0.15) is 12.4 Å². The maximum absolute atomic E-state index is 13.4. The van der Waals surface area contributed by atoms with E-state index in [1.807, 2.05) is 13.8 Å². The van der Waals surface area contributed by atoms with Crippen molar-refractivity contribution in [3.63, 3.8) is 0 Å². The molecular weight excluding hydrogens is 1000 g/mol. The van der Waals surface area contributed by atoms with Gasteiger partial charge in [-0.3, -0.25) is 43.5 Å². The smallest absolute Gasteiger partial charge is 0.273 e. The first-order valence-electron chi connectivity index (χ1n) is 25.8. The molecule has 0 unspecified atom stereocenters. The number of carbonyl (C=O) groups excluding carboxylic acids is 6. The van der Waals surface area contributed by atoms with E-state index in [0.717, 1.165) is 17.1 Å². The average Bonchev–Trinajstić information content (AvgIpc) is 4.12. The summed E-state index contributed by atoms with van der Waals surface area (Å²) < 4.78 is 60.9. The van der Waals surface area contributed by atoms with E-state index in [1.54, 1.807) is 12.1 Å². The highest BCUT2D eigenvalue weighted by molar-refractivity contribution is 6.14. The standard InChI is InChI=1S/C50H76N8O18/c1-3-9-58(76-4-2)47(63)38-30-40-41(55-42(51)32-38)31-39(33-54-40)46(62)56-49-35-50(36-49,75-37-49)48(64)53-8-11-66-13-15-68-17-19-70-21-23-72-25-27-74-29-28-73-26-24-71-22-20-69-18-16-67-14-12-65-10-7-52-43(59)34-57-44(60)5-6-45(57)61/h5-6,30-31,33H,3-4,7-29,32,34-37H2,1-2H3,(H2,51,55)(H,52,59)(H,53,64)(H,56,62). The number of hydrogen-bond acceptors (Lipinski definition) is 21. The van der Waals surface area contributed by atoms with Crippen molar-refractivity contribution in [2.75, 3.05) is 172 Å². The summed E-state index contributed by atoms with van der Waals surface area (Å²) in [5.41, 5.74) is 5.91. The molecule has 1 saturated carbocycles. The molecule has 26 heteroatoms. The Hall–Kier alpha value is -5.36. The van der Waals surface area contributed by atoms with Crippen LogP contribution in [0.25, 0.3) is 6.08 Å². The summed E-state index contributed by atoms with van der Waals surface area (Å²) in [6.45, 7) is 12.9. The number of carbonyl (C=O) groups is 6. The summed E-state index contributed by atoms with van der Waals surface area (Å²) in [4.78, 5) is 89.6. The third-order valence-corrected chi connectivity index (χ3v) is 11.6. The minimum atomic E-state index is -1.01. The molecule has 0 radical (unpaired) electrons. The van der Waals surface area contributed by atoms with Crippen LogP contribution in [-0.2, 0) is 80.9 Å². The Bertz CT molecular complexity index is 2080. The Balaban J connectivity index is 0.734. The van der Waals surface area contributed by atoms with Crippen LogP contribution < -0.4 is 21.7 Å². The van der Waals surface area contributed by atoms with Gasteiger partial charge in [0.2, 0.25) is 5.91 Å². The zero-order valence-corrected chi connectivity index (χ0v) is 43.8. The van der Waals surface area contributed by atoms with Crippen LogP contribution in [0.15, 0.2) is 35.0 Å². The van der Waals surface area contributed by atoms with Crippen LogP contribution in [0.5, 0.6) is 0 Å². The number of aromatic nitrogens is 1. The summed E-state index contributed by atoms with van der Waals surface area (Å²) >= 11 is 0. The van der Waals surface area contributed by atoms with Crippen molar-refractivity contribution < 1.29 is 85.7 Å². The molecule has 5 aliphatic rings. The maximum atomic E-state index is 13.4. The third-order valence-electron chi connectivity index (χ3n) is 11.6. The number of nitrogens with one attached hydrogen (secondary N) is 3. The molecule has 424 valence electrons. The highest BCUT2D eigenvalue weighted by Crippen LogP contribution is 2.51. The molecule has 4 aliphatic heterocycles. The van der Waals surface area contributed by atoms with Gasteiger partial charge >= 0.3 is 0 Å². The minimum Gasteiger partial charge on any atom is -0.387 e. The molecule has 5 N–H and O–H groups in total. The number of amides is 6. The van der Waals surface area contributed by atoms with Crippen molar-refractivity contribution in [2.45, 2.75) is 50.7 Å². The second kappa shape index (κ2) is 34.4. The van der Waals surface area contributed by atoms with Gasteiger partial charge in [0, 0.05) is 62.8 Å². The molecule has 1 aromatic heterocycles. The fourth-order valence-electron chi connectivity index (χ4n) is 7.99. The lowest BCUT2D eigenvalue weighted by Crippen LogP contribution is -2.64. The number of pyridine rings is 1. The van der Waals surface area contributed by atoms with Crippen molar-refractivity contribution in [3.05, 3.63) is 41.2 Å². The van der Waals surface area contributed by atoms with Crippen molar-refractivity contribution in [1.29, 1.82) is 0 Å². The highest BCUT2D eigenvalue weighted by Gasteiger charge is 2.67. The SMILES string of the molecule is CCCN(OCC)C(=O)C1=Cc2ncc(C(=O)NC34COC(C(=O)NCCOCCOCCOCCOCCOCCOCCOCCOCCOCCOCCNC(=O)CN5C(=O)C=CC5=O)(C3)C4)cc2N=C(N)C1. The zero-order valence-electron chi connectivity index (χ0n) is 43.8. The maximum Gasteiger partial charge on any atom is 0.273 e. The topological polar surface area (TPSA) is 307 Å². The van der Waals surface area contributed by atoms with Crippen LogP contribution in [0, 0.1) is 0 Å². The molecular formula is C50H76N8O18. The highest BCUT2D eigenvalue weighted by atomic mass is 16.7. The van der Waals surface area contributed by atoms with Crippen molar-refractivity contribution in [1.82, 2.24) is 30.9 Å². The van der Waals surface area contributed by atoms with E-state index >= 15 is 0 Å². The summed E-state index contributed by atoms with van der Waals surface area (Å²) in [5, 5.41) is 9.81. The molecule has 6 amide bonds. The molecule has 2 bridgehead atoms. The number of aliphatic imine (C=N–C) groups is 1. The lowest BCUT2D eigenvalue weighted by atomic mass is 9.67. The number of amidine groups is 1. The molecule has 1 aromatic rings. The number of hydrogen-bond donors (Lipinski definition) is 4. The number of nitrogens with two attached hydrogens (primary N) is 1. The minimum absolute atomic E-state index is 0.109. The quantitative estimate of drug-likeness (QED) is 0.0361. The number of imide groups is 1. The van der Waals surface area contributed by atoms with E-state index in [-0.39, 0.29) is 61.8 Å². The van der Waals surface area contributed by atoms with Crippen LogP contribution in [0.3, 0.4) is 0 Å². The van der Waals surface area contributed by atoms with Crippen LogP contribution in [0.1, 0.15) is 55.6 Å². The molecule has 0 atom stereocenters. The number of fused-ring (bicyclic) bond motifs is 2. The van der Waals surface area contributed by atoms with E-state index in [9.17, 15) is 28.8 Å². The van der Waals surface area contributed by atoms with Gasteiger partial charge in [-0.1, -0.05) is 6.92 Å². The van der Waals surface area contributed by atoms with Gasteiger partial charge in [0.05, 0.1) is 168 Å². The van der Waals surface area contributed by atoms with E-state index in [1.165, 1.54) is 11.3 Å². The Morgan fingerprint density at radius 2 is 1.17 bits per heavy atom. The molecule has 1 aliphatic carbocycles. The first kappa shape index (κ1) is 61.5. The Morgan fingerprint density at radius 1 is 0.697 bits per heavy atom. The second-order valence-corrected chi connectivity index (χ2v) is 17.6. The van der Waals surface area contributed by atoms with Gasteiger partial charge < -0.3 is 73.8 Å². The van der Waals surface area contributed by atoms with Crippen molar-refractivity contribution in [2.24, 2.45) is 10.7 Å². The molecule has 0 spiro atoms. The largest absolute Gasteiger partial charge is 0.387 e. The Morgan fingerprint density at radius 3 is 1.64 bits per heavy atom. The number of rotatable bonds is 43. The lowest BCUT2D eigenvalue weighted by Gasteiger charge is -2.43. The van der Waals surface area contributed by atoms with Crippen LogP contribution in [0.4, 0.5) is 5.69 Å². The average molecular weight is 1080 g/mol. The monoisotopic (exact) mass is 1080 g/mol. The van der Waals surface area contributed by atoms with Gasteiger partial charge in [-0.15, -0.1) is 0 Å². The van der Waals surface area contributed by atoms with Crippen LogP contribution in [0.2, 0.25) is 0 Å². The molecule has 26 nitrogen and oxygen atoms in total. The molecule has 5 heterocycles. The van der Waals surface area contributed by atoms with Gasteiger partial charge in [-0.05, 0) is 25.5 Å². The van der Waals surface area contributed by atoms with E-state index in [2.05, 4.69) is 25.9 Å². The molecule has 0 aromatic carbocycles. The van der Waals surface area contributed by atoms with Gasteiger partial charge in [-0.2, -0.15) is 0 Å². The normalized spacial score (nSPS) is 18.5. The van der Waals surface area contributed by atoms with Gasteiger partial charge in [0.15, 0.2) is 5.60 Å². The number of nitrogens with zero attached hydrogens (tertiary/aromatic N) is 4. The molecule has 2 saturated heterocycles. The number of ether oxygens (including phenoxy) is 11. The summed E-state index contributed by atoms with van der Waals surface area (Å²) in [7, 11) is 0. The molecule has 76 heavy (non-hydrogen) atoms. The summed E-state index contributed by atoms with van der Waals surface area (Å²) in [6.07, 6.45) is 6.81. The van der Waals surface area contributed by atoms with Crippen molar-refractivity contribution in [3.8, 4) is 0 Å². The van der Waals surface area contributed by atoms with Gasteiger partial charge in [0.25, 0.3) is 29.5 Å². The fourth-order valence-corrected chi connectivity index (χ4v) is 7.99. The fraction of sp³-hybridized carbons (Fsp3) is 0.680. The van der Waals surface area contributed by atoms with E-state index in [4.69, 9.17) is 62.7 Å². The van der Waals surface area contributed by atoms with Crippen LogP contribution >= 0.6 is 0 Å².